The van der Waals surface area contributed by atoms with Crippen molar-refractivity contribution in [1.29, 1.82) is 0 Å². The fraction of sp³-hybridized carbons (Fsp3) is 0.214. The van der Waals surface area contributed by atoms with Gasteiger partial charge in [0.1, 0.15) is 0 Å². The van der Waals surface area contributed by atoms with Crippen molar-refractivity contribution in [1.82, 2.24) is 20.2 Å². The number of carbonyl (C=O) groups is 2. The molecule has 1 saturated heterocycles. The van der Waals surface area contributed by atoms with Gasteiger partial charge in [-0.25, -0.2) is 4.98 Å². The third-order valence-corrected chi connectivity index (χ3v) is 6.22. The first-order valence-electron chi connectivity index (χ1n) is 11.7. The van der Waals surface area contributed by atoms with Crippen molar-refractivity contribution in [3.05, 3.63) is 95.8 Å². The Balaban J connectivity index is 1.32. The number of pyridine rings is 2. The van der Waals surface area contributed by atoms with Crippen molar-refractivity contribution in [3.63, 3.8) is 0 Å². The number of carbonyl (C=O) groups excluding carboxylic acids is 2. The molecule has 1 aliphatic heterocycles. The third kappa shape index (κ3) is 4.66. The van der Waals surface area contributed by atoms with Gasteiger partial charge < -0.3 is 10.2 Å². The lowest BCUT2D eigenvalue weighted by Crippen LogP contribution is -2.35. The molecule has 0 saturated carbocycles. The number of piperidine rings is 1. The Morgan fingerprint density at radius 2 is 1.71 bits per heavy atom. The summed E-state index contributed by atoms with van der Waals surface area (Å²) in [5.41, 5.74) is 4.53. The highest BCUT2D eigenvalue weighted by Crippen LogP contribution is 2.24. The Kier molecular flexibility index (Phi) is 6.29. The number of rotatable bonds is 5. The van der Waals surface area contributed by atoms with Crippen LogP contribution in [-0.2, 0) is 6.54 Å². The number of para-hydroxylation sites is 1. The minimum absolute atomic E-state index is 0.0847. The van der Waals surface area contributed by atoms with E-state index in [9.17, 15) is 9.59 Å². The zero-order chi connectivity index (χ0) is 23.3. The van der Waals surface area contributed by atoms with E-state index >= 15 is 0 Å². The van der Waals surface area contributed by atoms with Crippen molar-refractivity contribution >= 4 is 22.7 Å². The summed E-state index contributed by atoms with van der Waals surface area (Å²) in [7, 11) is 0. The summed E-state index contributed by atoms with van der Waals surface area (Å²) >= 11 is 0. The molecule has 2 aromatic heterocycles. The smallest absolute Gasteiger partial charge is 0.253 e. The molecule has 1 fully saturated rings. The topological polar surface area (TPSA) is 75.2 Å². The highest BCUT2D eigenvalue weighted by atomic mass is 16.2. The Morgan fingerprint density at radius 1 is 0.912 bits per heavy atom. The van der Waals surface area contributed by atoms with E-state index in [2.05, 4.69) is 10.3 Å². The lowest BCUT2D eigenvalue weighted by atomic mass is 10.0. The zero-order valence-electron chi connectivity index (χ0n) is 18.9. The number of fused-ring (bicyclic) bond motifs is 1. The lowest BCUT2D eigenvalue weighted by Gasteiger charge is -2.26. The Labute approximate surface area is 198 Å². The average molecular weight is 451 g/mol. The number of aromatic nitrogens is 2. The minimum atomic E-state index is -0.169. The largest absolute Gasteiger partial charge is 0.348 e. The van der Waals surface area contributed by atoms with Crippen LogP contribution < -0.4 is 5.32 Å². The lowest BCUT2D eigenvalue weighted by molar-refractivity contribution is 0.0724. The monoisotopic (exact) mass is 450 g/mol. The molecule has 0 unspecified atom stereocenters. The zero-order valence-corrected chi connectivity index (χ0v) is 18.9. The second-order valence-electron chi connectivity index (χ2n) is 8.55. The molecule has 170 valence electrons. The summed E-state index contributed by atoms with van der Waals surface area (Å²) < 4.78 is 0. The highest BCUT2D eigenvalue weighted by molar-refractivity contribution is 6.07. The molecule has 0 spiro atoms. The van der Waals surface area contributed by atoms with Gasteiger partial charge in [-0.3, -0.25) is 14.6 Å². The van der Waals surface area contributed by atoms with Crippen molar-refractivity contribution in [2.45, 2.75) is 25.8 Å². The molecule has 34 heavy (non-hydrogen) atoms. The van der Waals surface area contributed by atoms with Gasteiger partial charge in [0.25, 0.3) is 11.8 Å². The molecule has 0 aliphatic carbocycles. The second kappa shape index (κ2) is 9.83. The van der Waals surface area contributed by atoms with Gasteiger partial charge in [-0.2, -0.15) is 0 Å². The second-order valence-corrected chi connectivity index (χ2v) is 8.55. The quantitative estimate of drug-likeness (QED) is 0.472. The van der Waals surface area contributed by atoms with E-state index in [1.54, 1.807) is 12.4 Å². The van der Waals surface area contributed by atoms with Gasteiger partial charge in [-0.1, -0.05) is 30.3 Å². The Morgan fingerprint density at radius 3 is 2.47 bits per heavy atom. The standard InChI is InChI=1S/C28H26N4O2/c33-27(30-18-20-10-12-21(13-11-20)28(34)32-15-4-1-5-16-32)24-17-26(22-7-6-14-29-19-22)31-25-9-3-2-8-23(24)25/h2-3,6-14,17,19H,1,4-5,15-16,18H2,(H,30,33). The number of hydrogen-bond acceptors (Lipinski definition) is 4. The van der Waals surface area contributed by atoms with E-state index in [1.165, 1.54) is 6.42 Å². The van der Waals surface area contributed by atoms with E-state index in [4.69, 9.17) is 4.98 Å². The van der Waals surface area contributed by atoms with Crippen LogP contribution in [0.3, 0.4) is 0 Å². The molecule has 5 rings (SSSR count). The van der Waals surface area contributed by atoms with Crippen LogP contribution in [0.5, 0.6) is 0 Å². The molecule has 0 bridgehead atoms. The van der Waals surface area contributed by atoms with Crippen LogP contribution in [-0.4, -0.2) is 39.8 Å². The first-order chi connectivity index (χ1) is 16.7. The normalized spacial score (nSPS) is 13.6. The van der Waals surface area contributed by atoms with E-state index in [0.717, 1.165) is 48.0 Å². The van der Waals surface area contributed by atoms with Crippen LogP contribution in [0.25, 0.3) is 22.2 Å². The summed E-state index contributed by atoms with van der Waals surface area (Å²) in [6, 6.07) is 20.7. The summed E-state index contributed by atoms with van der Waals surface area (Å²) in [5, 5.41) is 3.82. The minimum Gasteiger partial charge on any atom is -0.348 e. The third-order valence-electron chi connectivity index (χ3n) is 6.22. The number of benzene rings is 2. The molecule has 0 atom stereocenters. The number of nitrogens with one attached hydrogen (secondary N) is 1. The Bertz CT molecular complexity index is 1310. The van der Waals surface area contributed by atoms with Gasteiger partial charge >= 0.3 is 0 Å². The molecule has 2 aromatic carbocycles. The first-order valence-corrected chi connectivity index (χ1v) is 11.7. The number of hydrogen-bond donors (Lipinski definition) is 1. The predicted molar refractivity (Wildman–Crippen MR) is 132 cm³/mol. The number of nitrogens with zero attached hydrogens (tertiary/aromatic N) is 3. The molecule has 4 aromatic rings. The van der Waals surface area contributed by atoms with Crippen LogP contribution in [0.2, 0.25) is 0 Å². The van der Waals surface area contributed by atoms with E-state index in [1.807, 2.05) is 71.6 Å². The van der Waals surface area contributed by atoms with Gasteiger partial charge in [-0.15, -0.1) is 0 Å². The molecule has 1 N–H and O–H groups in total. The summed E-state index contributed by atoms with van der Waals surface area (Å²) in [5.74, 6) is -0.0846. The van der Waals surface area contributed by atoms with Crippen LogP contribution in [0.1, 0.15) is 45.5 Å². The summed E-state index contributed by atoms with van der Waals surface area (Å²) in [6.45, 7) is 2.03. The maximum atomic E-state index is 13.2. The maximum Gasteiger partial charge on any atom is 0.253 e. The van der Waals surface area contributed by atoms with E-state index < -0.39 is 0 Å². The van der Waals surface area contributed by atoms with Crippen molar-refractivity contribution < 1.29 is 9.59 Å². The summed E-state index contributed by atoms with van der Waals surface area (Å²) in [4.78, 5) is 36.7. The SMILES string of the molecule is O=C(NCc1ccc(C(=O)N2CCCCC2)cc1)c1cc(-c2cccnc2)nc2ccccc12. The highest BCUT2D eigenvalue weighted by Gasteiger charge is 2.18. The van der Waals surface area contributed by atoms with E-state index in [0.29, 0.717) is 23.4 Å². The molecule has 3 heterocycles. The predicted octanol–water partition coefficient (Wildman–Crippen LogP) is 4.85. The van der Waals surface area contributed by atoms with Gasteiger partial charge in [0, 0.05) is 48.5 Å². The fourth-order valence-corrected chi connectivity index (χ4v) is 4.35. The Hall–Kier alpha value is -4.06. The molecule has 2 amide bonds. The number of amides is 2. The molecule has 0 radical (unpaired) electrons. The molecular formula is C28H26N4O2. The van der Waals surface area contributed by atoms with Gasteiger partial charge in [-0.05, 0) is 61.2 Å². The van der Waals surface area contributed by atoms with Crippen molar-refractivity contribution in [2.75, 3.05) is 13.1 Å². The van der Waals surface area contributed by atoms with Gasteiger partial charge in [0.2, 0.25) is 0 Å². The maximum absolute atomic E-state index is 13.2. The van der Waals surface area contributed by atoms with Crippen LogP contribution >= 0.6 is 0 Å². The average Bonchev–Trinajstić information content (AvgIpc) is 2.92. The molecule has 6 heteroatoms. The first kappa shape index (κ1) is 21.8. The van der Waals surface area contributed by atoms with Crippen LogP contribution in [0.4, 0.5) is 0 Å². The van der Waals surface area contributed by atoms with Crippen molar-refractivity contribution in [3.8, 4) is 11.3 Å². The molecule has 6 nitrogen and oxygen atoms in total. The number of likely N-dealkylation sites (tertiary alicyclic amines) is 1. The molecular weight excluding hydrogens is 424 g/mol. The van der Waals surface area contributed by atoms with Crippen molar-refractivity contribution in [2.24, 2.45) is 0 Å². The fourth-order valence-electron chi connectivity index (χ4n) is 4.35. The van der Waals surface area contributed by atoms with E-state index in [-0.39, 0.29) is 11.8 Å². The molecule has 1 aliphatic rings. The van der Waals surface area contributed by atoms with Crippen LogP contribution in [0, 0.1) is 0 Å². The van der Waals surface area contributed by atoms with Gasteiger partial charge in [0.05, 0.1) is 16.8 Å². The van der Waals surface area contributed by atoms with Gasteiger partial charge in [0.15, 0.2) is 0 Å². The summed E-state index contributed by atoms with van der Waals surface area (Å²) in [6.07, 6.45) is 6.79. The van der Waals surface area contributed by atoms with Crippen LogP contribution in [0.15, 0.2) is 79.1 Å².